The summed E-state index contributed by atoms with van der Waals surface area (Å²) in [5.74, 6) is 0.927. The first-order valence-corrected chi connectivity index (χ1v) is 10.2. The minimum atomic E-state index is 0.436. The third-order valence-corrected chi connectivity index (χ3v) is 5.13. The molecule has 0 radical (unpaired) electrons. The number of benzene rings is 4. The van der Waals surface area contributed by atoms with E-state index in [9.17, 15) is 9.59 Å². The first-order chi connectivity index (χ1) is 15.3. The first-order valence-electron chi connectivity index (χ1n) is 10.2. The van der Waals surface area contributed by atoms with Gasteiger partial charge >= 0.3 is 0 Å². The average molecular weight is 406 g/mol. The fraction of sp³-hybridized carbons (Fsp3) is 0.0714. The molecule has 0 bridgehead atoms. The summed E-state index contributed by atoms with van der Waals surface area (Å²) in [5.41, 5.74) is 5.14. The van der Waals surface area contributed by atoms with Gasteiger partial charge in [0.05, 0.1) is 11.1 Å². The van der Waals surface area contributed by atoms with Gasteiger partial charge in [0.15, 0.2) is 12.6 Å². The second-order valence-electron chi connectivity index (χ2n) is 7.37. The maximum absolute atomic E-state index is 12.0. The van der Waals surface area contributed by atoms with Crippen LogP contribution in [-0.2, 0) is 12.8 Å². The van der Waals surface area contributed by atoms with Crippen LogP contribution in [0.25, 0.3) is 0 Å². The van der Waals surface area contributed by atoms with E-state index in [4.69, 9.17) is 4.74 Å². The molecule has 0 aliphatic rings. The maximum atomic E-state index is 12.0. The van der Waals surface area contributed by atoms with Crippen LogP contribution < -0.4 is 4.74 Å². The first kappa shape index (κ1) is 20.3. The van der Waals surface area contributed by atoms with Gasteiger partial charge in [-0.25, -0.2) is 0 Å². The van der Waals surface area contributed by atoms with Crippen molar-refractivity contribution in [3.63, 3.8) is 0 Å². The van der Waals surface area contributed by atoms with Crippen LogP contribution in [0.3, 0.4) is 0 Å². The molecule has 152 valence electrons. The van der Waals surface area contributed by atoms with E-state index in [2.05, 4.69) is 18.2 Å². The van der Waals surface area contributed by atoms with Crippen LogP contribution in [0.4, 0.5) is 0 Å². The van der Waals surface area contributed by atoms with Crippen molar-refractivity contribution in [2.24, 2.45) is 0 Å². The molecule has 0 heterocycles. The Labute approximate surface area is 181 Å². The van der Waals surface area contributed by atoms with E-state index in [-0.39, 0.29) is 0 Å². The zero-order valence-corrected chi connectivity index (χ0v) is 17.0. The number of carbonyl (C=O) groups is 2. The quantitative estimate of drug-likeness (QED) is 0.323. The Balaban J connectivity index is 1.79. The van der Waals surface area contributed by atoms with E-state index in [1.54, 1.807) is 18.2 Å². The molecule has 4 aromatic rings. The van der Waals surface area contributed by atoms with E-state index in [1.807, 2.05) is 60.7 Å². The lowest BCUT2D eigenvalue weighted by molar-refractivity contribution is 0.111. The van der Waals surface area contributed by atoms with Crippen LogP contribution in [0.1, 0.15) is 43.0 Å². The molecule has 3 nitrogen and oxygen atoms in total. The molecular weight excluding hydrogens is 384 g/mol. The lowest BCUT2D eigenvalue weighted by Gasteiger charge is -2.17. The summed E-state index contributed by atoms with van der Waals surface area (Å²) >= 11 is 0. The van der Waals surface area contributed by atoms with Crippen molar-refractivity contribution in [1.82, 2.24) is 0 Å². The van der Waals surface area contributed by atoms with E-state index >= 15 is 0 Å². The standard InChI is InChI=1S/C28H22O3/c29-19-24-13-7-8-14-27(24)31-28-25(16-22-11-5-2-6-12-22)17-23(18-26(28)20-30)15-21-9-3-1-4-10-21/h1-14,17-20H,15-16H2. The van der Waals surface area contributed by atoms with E-state index in [0.717, 1.165) is 29.3 Å². The fourth-order valence-corrected chi connectivity index (χ4v) is 3.66. The van der Waals surface area contributed by atoms with Gasteiger partial charge in [-0.1, -0.05) is 78.9 Å². The Morgan fingerprint density at radius 2 is 1.16 bits per heavy atom. The molecule has 0 aliphatic heterocycles. The molecule has 4 rings (SSSR count). The highest BCUT2D eigenvalue weighted by molar-refractivity contribution is 5.83. The number of carbonyl (C=O) groups excluding carboxylic acids is 2. The Morgan fingerprint density at radius 3 is 1.81 bits per heavy atom. The lowest BCUT2D eigenvalue weighted by Crippen LogP contribution is -2.02. The van der Waals surface area contributed by atoms with Crippen LogP contribution in [0, 0.1) is 0 Å². The molecule has 0 atom stereocenters. The van der Waals surface area contributed by atoms with Crippen molar-refractivity contribution in [3.05, 3.63) is 130 Å². The summed E-state index contributed by atoms with van der Waals surface area (Å²) in [6.07, 6.45) is 2.91. The summed E-state index contributed by atoms with van der Waals surface area (Å²) < 4.78 is 6.17. The largest absolute Gasteiger partial charge is 0.456 e. The van der Waals surface area contributed by atoms with Crippen molar-refractivity contribution < 1.29 is 14.3 Å². The second-order valence-corrected chi connectivity index (χ2v) is 7.37. The van der Waals surface area contributed by atoms with Crippen molar-refractivity contribution >= 4 is 12.6 Å². The molecule has 0 spiro atoms. The summed E-state index contributed by atoms with van der Waals surface area (Å²) in [6, 6.07) is 31.2. The molecule has 0 aliphatic carbocycles. The van der Waals surface area contributed by atoms with Gasteiger partial charge in [0, 0.05) is 12.0 Å². The predicted octanol–water partition coefficient (Wildman–Crippen LogP) is 6.29. The molecule has 31 heavy (non-hydrogen) atoms. The van der Waals surface area contributed by atoms with Gasteiger partial charge in [0.2, 0.25) is 0 Å². The Hall–Kier alpha value is -3.98. The van der Waals surface area contributed by atoms with Crippen molar-refractivity contribution in [2.45, 2.75) is 12.8 Å². The summed E-state index contributed by atoms with van der Waals surface area (Å²) in [6.45, 7) is 0. The Bertz CT molecular complexity index is 1180. The average Bonchev–Trinajstić information content (AvgIpc) is 2.82. The molecule has 4 aromatic carbocycles. The highest BCUT2D eigenvalue weighted by Crippen LogP contribution is 2.33. The fourth-order valence-electron chi connectivity index (χ4n) is 3.66. The topological polar surface area (TPSA) is 43.4 Å². The smallest absolute Gasteiger partial charge is 0.153 e. The SMILES string of the molecule is O=Cc1ccccc1Oc1c(C=O)cc(Cc2ccccc2)cc1Cc1ccccc1. The molecule has 3 heteroatoms. The summed E-state index contributed by atoms with van der Waals surface area (Å²) in [7, 11) is 0. The number of hydrogen-bond acceptors (Lipinski definition) is 3. The van der Waals surface area contributed by atoms with Crippen molar-refractivity contribution in [3.8, 4) is 11.5 Å². The molecular formula is C28H22O3. The van der Waals surface area contributed by atoms with Gasteiger partial charge < -0.3 is 4.74 Å². The number of hydrogen-bond donors (Lipinski definition) is 0. The summed E-state index contributed by atoms with van der Waals surface area (Å²) in [4.78, 5) is 23.5. The van der Waals surface area contributed by atoms with Gasteiger partial charge in [-0.3, -0.25) is 9.59 Å². The zero-order valence-electron chi connectivity index (χ0n) is 17.0. The zero-order chi connectivity index (χ0) is 21.5. The molecule has 0 aromatic heterocycles. The van der Waals surface area contributed by atoms with Gasteiger partial charge in [-0.15, -0.1) is 0 Å². The number of rotatable bonds is 8. The minimum Gasteiger partial charge on any atom is -0.456 e. The number of ether oxygens (including phenoxy) is 1. The van der Waals surface area contributed by atoms with Crippen LogP contribution in [-0.4, -0.2) is 12.6 Å². The Kier molecular flexibility index (Phi) is 6.34. The monoisotopic (exact) mass is 406 g/mol. The van der Waals surface area contributed by atoms with Crippen molar-refractivity contribution in [1.29, 1.82) is 0 Å². The molecule has 0 N–H and O–H groups in total. The van der Waals surface area contributed by atoms with Crippen LogP contribution in [0.5, 0.6) is 11.5 Å². The predicted molar refractivity (Wildman–Crippen MR) is 122 cm³/mol. The third kappa shape index (κ3) is 4.96. The summed E-state index contributed by atoms with van der Waals surface area (Å²) in [5, 5.41) is 0. The van der Waals surface area contributed by atoms with Gasteiger partial charge in [-0.05, 0) is 41.3 Å². The molecule has 0 amide bonds. The van der Waals surface area contributed by atoms with Gasteiger partial charge in [0.25, 0.3) is 0 Å². The molecule has 0 saturated heterocycles. The van der Waals surface area contributed by atoms with Crippen LogP contribution >= 0.6 is 0 Å². The highest BCUT2D eigenvalue weighted by Gasteiger charge is 2.16. The van der Waals surface area contributed by atoms with Gasteiger partial charge in [0.1, 0.15) is 11.5 Å². The minimum absolute atomic E-state index is 0.436. The number of aldehydes is 2. The van der Waals surface area contributed by atoms with E-state index in [0.29, 0.717) is 35.5 Å². The van der Waals surface area contributed by atoms with Crippen LogP contribution in [0.15, 0.2) is 97.1 Å². The third-order valence-electron chi connectivity index (χ3n) is 5.13. The van der Waals surface area contributed by atoms with E-state index in [1.165, 1.54) is 5.56 Å². The molecule has 0 unspecified atom stereocenters. The Morgan fingerprint density at radius 1 is 0.581 bits per heavy atom. The maximum Gasteiger partial charge on any atom is 0.153 e. The lowest BCUT2D eigenvalue weighted by atomic mass is 9.95. The normalized spacial score (nSPS) is 10.5. The van der Waals surface area contributed by atoms with Crippen LogP contribution in [0.2, 0.25) is 0 Å². The van der Waals surface area contributed by atoms with Gasteiger partial charge in [-0.2, -0.15) is 0 Å². The highest BCUT2D eigenvalue weighted by atomic mass is 16.5. The molecule has 0 fully saturated rings. The van der Waals surface area contributed by atoms with E-state index < -0.39 is 0 Å². The molecule has 0 saturated carbocycles. The number of para-hydroxylation sites is 1. The second kappa shape index (κ2) is 9.68. The van der Waals surface area contributed by atoms with Crippen molar-refractivity contribution in [2.75, 3.05) is 0 Å².